The molecule has 1 saturated heterocycles. The Morgan fingerprint density at radius 1 is 1.56 bits per heavy atom. The summed E-state index contributed by atoms with van der Waals surface area (Å²) in [5.41, 5.74) is 0. The number of nitrogens with zero attached hydrogens (tertiary/aromatic N) is 1. The average molecular weight is 234 g/mol. The first-order valence-corrected chi connectivity index (χ1v) is 5.75. The number of hydrogen-bond donors (Lipinski definition) is 1. The Labute approximate surface area is 95.2 Å². The van der Waals surface area contributed by atoms with Crippen molar-refractivity contribution in [1.82, 2.24) is 10.2 Å². The number of halogens is 2. The van der Waals surface area contributed by atoms with Gasteiger partial charge >= 0.3 is 0 Å². The number of carbonyl (C=O) groups is 1. The van der Waals surface area contributed by atoms with Gasteiger partial charge in [-0.05, 0) is 12.8 Å². The monoisotopic (exact) mass is 234 g/mol. The van der Waals surface area contributed by atoms with Gasteiger partial charge in [-0.25, -0.2) is 8.78 Å². The highest BCUT2D eigenvalue weighted by Crippen LogP contribution is 2.26. The van der Waals surface area contributed by atoms with Crippen LogP contribution in [0.5, 0.6) is 0 Å². The van der Waals surface area contributed by atoms with E-state index in [2.05, 4.69) is 5.32 Å². The number of rotatable bonds is 4. The third-order valence-corrected chi connectivity index (χ3v) is 2.69. The van der Waals surface area contributed by atoms with Crippen molar-refractivity contribution in [3.05, 3.63) is 0 Å². The first-order valence-electron chi connectivity index (χ1n) is 5.75. The van der Waals surface area contributed by atoms with Gasteiger partial charge in [0.05, 0.1) is 12.6 Å². The Balaban J connectivity index is 2.56. The molecule has 0 aromatic carbocycles. The number of alkyl halides is 2. The molecule has 0 aromatic heterocycles. The van der Waals surface area contributed by atoms with Crippen molar-refractivity contribution in [2.75, 3.05) is 19.6 Å². The van der Waals surface area contributed by atoms with Gasteiger partial charge in [-0.1, -0.05) is 13.8 Å². The van der Waals surface area contributed by atoms with Crippen molar-refractivity contribution < 1.29 is 13.6 Å². The molecule has 0 spiro atoms. The molecule has 94 valence electrons. The maximum atomic E-state index is 13.0. The van der Waals surface area contributed by atoms with Crippen LogP contribution in [-0.4, -0.2) is 42.4 Å². The normalized spacial score (nSPS) is 23.8. The molecule has 1 rings (SSSR count). The fraction of sp³-hybridized carbons (Fsp3) is 0.909. The van der Waals surface area contributed by atoms with Crippen LogP contribution < -0.4 is 5.32 Å². The molecule has 1 amide bonds. The van der Waals surface area contributed by atoms with Crippen LogP contribution in [0.15, 0.2) is 0 Å². The van der Waals surface area contributed by atoms with Crippen LogP contribution >= 0.6 is 0 Å². The van der Waals surface area contributed by atoms with Crippen molar-refractivity contribution in [3.8, 4) is 0 Å². The molecule has 0 aliphatic carbocycles. The predicted octanol–water partition coefficient (Wildman–Crippen LogP) is 1.49. The van der Waals surface area contributed by atoms with E-state index in [0.29, 0.717) is 19.0 Å². The summed E-state index contributed by atoms with van der Waals surface area (Å²) in [7, 11) is 0. The fourth-order valence-electron chi connectivity index (χ4n) is 1.93. The number of carbonyl (C=O) groups excluding carboxylic acids is 1. The van der Waals surface area contributed by atoms with Crippen molar-refractivity contribution in [3.63, 3.8) is 0 Å². The zero-order valence-electron chi connectivity index (χ0n) is 10.1. The summed E-state index contributed by atoms with van der Waals surface area (Å²) in [6.45, 7) is 6.69. The van der Waals surface area contributed by atoms with E-state index in [1.807, 2.05) is 20.8 Å². The summed E-state index contributed by atoms with van der Waals surface area (Å²) in [5.74, 6) is -2.59. The highest BCUT2D eigenvalue weighted by molar-refractivity contribution is 5.82. The summed E-state index contributed by atoms with van der Waals surface area (Å²) in [6.07, 6.45) is -0.375. The van der Waals surface area contributed by atoms with E-state index in [1.54, 1.807) is 4.90 Å². The van der Waals surface area contributed by atoms with Crippen LogP contribution in [0.1, 0.15) is 27.2 Å². The molecule has 3 nitrogen and oxygen atoms in total. The number of amides is 1. The van der Waals surface area contributed by atoms with Gasteiger partial charge in [-0.15, -0.1) is 0 Å². The minimum atomic E-state index is -2.74. The molecule has 16 heavy (non-hydrogen) atoms. The quantitative estimate of drug-likeness (QED) is 0.799. The molecule has 1 atom stereocenters. The first kappa shape index (κ1) is 13.4. The minimum Gasteiger partial charge on any atom is -0.341 e. The molecule has 0 aromatic rings. The van der Waals surface area contributed by atoms with Gasteiger partial charge in [0.1, 0.15) is 0 Å². The molecule has 1 N–H and O–H groups in total. The van der Waals surface area contributed by atoms with Gasteiger partial charge in [0, 0.05) is 19.5 Å². The maximum absolute atomic E-state index is 13.0. The van der Waals surface area contributed by atoms with E-state index in [9.17, 15) is 13.6 Å². The lowest BCUT2D eigenvalue weighted by molar-refractivity contribution is -0.134. The topological polar surface area (TPSA) is 32.3 Å². The van der Waals surface area contributed by atoms with Crippen LogP contribution in [0, 0.1) is 5.92 Å². The number of hydrogen-bond acceptors (Lipinski definition) is 2. The second kappa shape index (κ2) is 5.08. The van der Waals surface area contributed by atoms with Gasteiger partial charge < -0.3 is 4.90 Å². The van der Waals surface area contributed by atoms with E-state index in [1.165, 1.54) is 0 Å². The molecular weight excluding hydrogens is 214 g/mol. The molecule has 0 saturated carbocycles. The highest BCUT2D eigenvalue weighted by atomic mass is 19.3. The largest absolute Gasteiger partial charge is 0.341 e. The number of nitrogens with one attached hydrogen (secondary N) is 1. The molecule has 5 heteroatoms. The lowest BCUT2D eigenvalue weighted by atomic mass is 10.1. The van der Waals surface area contributed by atoms with E-state index in [0.717, 1.165) is 0 Å². The number of likely N-dealkylation sites (N-methyl/N-ethyl adjacent to an activating group) is 1. The maximum Gasteiger partial charge on any atom is 0.262 e. The van der Waals surface area contributed by atoms with Crippen LogP contribution in [0.25, 0.3) is 0 Å². The molecule has 1 aliphatic rings. The van der Waals surface area contributed by atoms with Gasteiger partial charge in [0.25, 0.3) is 5.92 Å². The Morgan fingerprint density at radius 3 is 2.56 bits per heavy atom. The van der Waals surface area contributed by atoms with E-state index < -0.39 is 12.0 Å². The van der Waals surface area contributed by atoms with Crippen molar-refractivity contribution >= 4 is 5.91 Å². The fourth-order valence-corrected chi connectivity index (χ4v) is 1.93. The second-order valence-electron chi connectivity index (χ2n) is 4.76. The van der Waals surface area contributed by atoms with Gasteiger partial charge in [-0.2, -0.15) is 0 Å². The smallest absolute Gasteiger partial charge is 0.262 e. The standard InChI is InChI=1S/C11H20F2N2O/c1-4-15(6-8(2)3)10(16)9-5-11(12,13)7-14-9/h8-9,14H,4-7H2,1-3H3. The van der Waals surface area contributed by atoms with Crippen LogP contribution in [0.4, 0.5) is 8.78 Å². The molecule has 1 unspecified atom stereocenters. The van der Waals surface area contributed by atoms with Crippen molar-refractivity contribution in [2.24, 2.45) is 5.92 Å². The summed E-state index contributed by atoms with van der Waals surface area (Å²) in [4.78, 5) is 13.6. The van der Waals surface area contributed by atoms with Gasteiger partial charge in [0.15, 0.2) is 0 Å². The molecule has 1 aliphatic heterocycles. The Kier molecular flexibility index (Phi) is 4.24. The SMILES string of the molecule is CCN(CC(C)C)C(=O)C1CC(F)(F)CN1. The molecule has 0 radical (unpaired) electrons. The van der Waals surface area contributed by atoms with Gasteiger partial charge in [0.2, 0.25) is 5.91 Å². The van der Waals surface area contributed by atoms with E-state index >= 15 is 0 Å². The summed E-state index contributed by atoms with van der Waals surface area (Å²) in [5, 5.41) is 2.59. The molecular formula is C11H20F2N2O. The average Bonchev–Trinajstić information content (AvgIpc) is 2.54. The Bertz CT molecular complexity index is 252. The van der Waals surface area contributed by atoms with Crippen LogP contribution in [0.2, 0.25) is 0 Å². The summed E-state index contributed by atoms with van der Waals surface area (Å²) < 4.78 is 25.9. The third-order valence-electron chi connectivity index (χ3n) is 2.69. The first-order chi connectivity index (χ1) is 7.35. The third kappa shape index (κ3) is 3.40. The van der Waals surface area contributed by atoms with E-state index in [-0.39, 0.29) is 18.9 Å². The second-order valence-corrected chi connectivity index (χ2v) is 4.76. The van der Waals surface area contributed by atoms with Crippen molar-refractivity contribution in [2.45, 2.75) is 39.2 Å². The molecule has 1 fully saturated rings. The van der Waals surface area contributed by atoms with Crippen LogP contribution in [0.3, 0.4) is 0 Å². The van der Waals surface area contributed by atoms with Crippen molar-refractivity contribution in [1.29, 1.82) is 0 Å². The highest BCUT2D eigenvalue weighted by Gasteiger charge is 2.43. The molecule has 0 bridgehead atoms. The molecule has 1 heterocycles. The zero-order valence-corrected chi connectivity index (χ0v) is 10.1. The Hall–Kier alpha value is -0.710. The summed E-state index contributed by atoms with van der Waals surface area (Å²) >= 11 is 0. The predicted molar refractivity (Wildman–Crippen MR) is 58.4 cm³/mol. The van der Waals surface area contributed by atoms with Gasteiger partial charge in [-0.3, -0.25) is 10.1 Å². The minimum absolute atomic E-state index is 0.201. The zero-order chi connectivity index (χ0) is 12.3. The summed E-state index contributed by atoms with van der Waals surface area (Å²) in [6, 6.07) is -0.714. The Morgan fingerprint density at radius 2 is 2.19 bits per heavy atom. The lowest BCUT2D eigenvalue weighted by Gasteiger charge is -2.25. The van der Waals surface area contributed by atoms with E-state index in [4.69, 9.17) is 0 Å². The van der Waals surface area contributed by atoms with Crippen LogP contribution in [-0.2, 0) is 4.79 Å². The lowest BCUT2D eigenvalue weighted by Crippen LogP contribution is -2.44.